The number of H-pyrrole nitrogens is 1. The lowest BCUT2D eigenvalue weighted by Gasteiger charge is -2.21. The van der Waals surface area contributed by atoms with Crippen molar-refractivity contribution in [3.05, 3.63) is 36.0 Å². The van der Waals surface area contributed by atoms with E-state index < -0.39 is 0 Å². The minimum atomic E-state index is -0.0362. The average Bonchev–Trinajstić information content (AvgIpc) is 3.15. The second kappa shape index (κ2) is 4.88. The molecule has 21 heavy (non-hydrogen) atoms. The zero-order valence-electron chi connectivity index (χ0n) is 12.1. The molecule has 4 rings (SSSR count). The lowest BCUT2D eigenvalue weighted by Crippen LogP contribution is -2.40. The summed E-state index contributed by atoms with van der Waals surface area (Å²) in [6.07, 6.45) is 5.00. The number of fused-ring (bicyclic) bond motifs is 2. The van der Waals surface area contributed by atoms with Gasteiger partial charge in [0.15, 0.2) is 0 Å². The van der Waals surface area contributed by atoms with E-state index in [0.717, 1.165) is 44.4 Å². The first-order chi connectivity index (χ1) is 10.3. The van der Waals surface area contributed by atoms with Gasteiger partial charge in [0, 0.05) is 23.6 Å². The average molecular weight is 283 g/mol. The molecular formula is C17H21N3O. The predicted octanol–water partition coefficient (Wildman–Crippen LogP) is 1.83. The number of aromatic nitrogens is 1. The third-order valence-electron chi connectivity index (χ3n) is 5.18. The molecule has 1 aromatic carbocycles. The van der Waals surface area contributed by atoms with E-state index >= 15 is 0 Å². The molecule has 1 aromatic heterocycles. The van der Waals surface area contributed by atoms with Gasteiger partial charge in [-0.2, -0.15) is 0 Å². The zero-order chi connectivity index (χ0) is 14.3. The Balaban J connectivity index is 1.36. The van der Waals surface area contributed by atoms with Crippen LogP contribution in [0.15, 0.2) is 30.5 Å². The smallest absolute Gasteiger partial charge is 0.226 e. The molecule has 0 bridgehead atoms. The zero-order valence-corrected chi connectivity index (χ0v) is 12.1. The number of hydrogen-bond acceptors (Lipinski definition) is 2. The van der Waals surface area contributed by atoms with Crippen LogP contribution in [0, 0.1) is 11.3 Å². The molecule has 1 saturated heterocycles. The number of rotatable bonds is 4. The molecule has 0 spiro atoms. The second-order valence-corrected chi connectivity index (χ2v) is 6.38. The van der Waals surface area contributed by atoms with E-state index in [0.29, 0.717) is 5.92 Å². The Morgan fingerprint density at radius 1 is 1.38 bits per heavy atom. The predicted molar refractivity (Wildman–Crippen MR) is 83.0 cm³/mol. The van der Waals surface area contributed by atoms with Gasteiger partial charge in [0.1, 0.15) is 0 Å². The SMILES string of the molecule is O=C(NCCc1c[nH]c2ccccc12)[C@@]12CCNC[C@H]1C2. The summed E-state index contributed by atoms with van der Waals surface area (Å²) in [6, 6.07) is 8.31. The molecule has 2 atom stereocenters. The van der Waals surface area contributed by atoms with E-state index in [1.165, 1.54) is 10.9 Å². The molecular weight excluding hydrogens is 262 g/mol. The Hall–Kier alpha value is -1.81. The topological polar surface area (TPSA) is 56.9 Å². The molecule has 3 N–H and O–H groups in total. The molecule has 110 valence electrons. The van der Waals surface area contributed by atoms with Crippen LogP contribution in [-0.4, -0.2) is 30.5 Å². The van der Waals surface area contributed by atoms with Crippen LogP contribution in [0.25, 0.3) is 10.9 Å². The fraction of sp³-hybridized carbons (Fsp3) is 0.471. The maximum atomic E-state index is 12.4. The summed E-state index contributed by atoms with van der Waals surface area (Å²) in [5, 5.41) is 7.79. The number of amides is 1. The third-order valence-corrected chi connectivity index (χ3v) is 5.18. The van der Waals surface area contributed by atoms with Crippen molar-refractivity contribution < 1.29 is 4.79 Å². The van der Waals surface area contributed by atoms with Crippen LogP contribution in [-0.2, 0) is 11.2 Å². The van der Waals surface area contributed by atoms with Crippen molar-refractivity contribution in [3.63, 3.8) is 0 Å². The number of para-hydroxylation sites is 1. The van der Waals surface area contributed by atoms with E-state index in [9.17, 15) is 4.79 Å². The van der Waals surface area contributed by atoms with E-state index in [1.54, 1.807) is 0 Å². The molecule has 2 aliphatic rings. The van der Waals surface area contributed by atoms with Gasteiger partial charge < -0.3 is 15.6 Å². The number of carbonyl (C=O) groups excluding carboxylic acids is 1. The summed E-state index contributed by atoms with van der Waals surface area (Å²) in [6.45, 7) is 2.71. The van der Waals surface area contributed by atoms with Gasteiger partial charge in [0.2, 0.25) is 5.91 Å². The molecule has 1 aliphatic carbocycles. The minimum absolute atomic E-state index is 0.0362. The first-order valence-electron chi connectivity index (χ1n) is 7.84. The summed E-state index contributed by atoms with van der Waals surface area (Å²) >= 11 is 0. The fourth-order valence-corrected chi connectivity index (χ4v) is 3.76. The van der Waals surface area contributed by atoms with E-state index in [-0.39, 0.29) is 11.3 Å². The Morgan fingerprint density at radius 2 is 2.29 bits per heavy atom. The first-order valence-corrected chi connectivity index (χ1v) is 7.84. The molecule has 1 aliphatic heterocycles. The maximum Gasteiger partial charge on any atom is 0.226 e. The number of aromatic amines is 1. The van der Waals surface area contributed by atoms with Crippen molar-refractivity contribution >= 4 is 16.8 Å². The summed E-state index contributed by atoms with van der Waals surface area (Å²) in [7, 11) is 0. The number of hydrogen-bond donors (Lipinski definition) is 3. The van der Waals surface area contributed by atoms with Crippen LogP contribution in [0.1, 0.15) is 18.4 Å². The molecule has 2 heterocycles. The van der Waals surface area contributed by atoms with Gasteiger partial charge in [-0.05, 0) is 49.9 Å². The van der Waals surface area contributed by atoms with E-state index in [1.807, 2.05) is 6.07 Å². The van der Waals surface area contributed by atoms with Crippen molar-refractivity contribution in [2.45, 2.75) is 19.3 Å². The van der Waals surface area contributed by atoms with Gasteiger partial charge in [0.25, 0.3) is 0 Å². The minimum Gasteiger partial charge on any atom is -0.361 e. The standard InChI is InChI=1S/C17H21N3O/c21-16(17-6-8-18-11-13(17)9-17)19-7-5-12-10-20-15-4-2-1-3-14(12)15/h1-4,10,13,18,20H,5-9,11H2,(H,19,21)/t13-,17-/m1/s1. The Labute approximate surface area is 124 Å². The van der Waals surface area contributed by atoms with Crippen molar-refractivity contribution in [2.24, 2.45) is 11.3 Å². The number of benzene rings is 1. The van der Waals surface area contributed by atoms with Crippen molar-refractivity contribution in [1.29, 1.82) is 0 Å². The molecule has 0 radical (unpaired) electrons. The fourth-order valence-electron chi connectivity index (χ4n) is 3.76. The summed E-state index contributed by atoms with van der Waals surface area (Å²) in [5.41, 5.74) is 2.41. The van der Waals surface area contributed by atoms with Crippen LogP contribution in [0.3, 0.4) is 0 Å². The molecule has 4 nitrogen and oxygen atoms in total. The van der Waals surface area contributed by atoms with E-state index in [4.69, 9.17) is 0 Å². The molecule has 4 heteroatoms. The number of carbonyl (C=O) groups is 1. The normalized spacial score (nSPS) is 27.3. The summed E-state index contributed by atoms with van der Waals surface area (Å²) in [5.74, 6) is 0.841. The number of piperidine rings is 1. The quantitative estimate of drug-likeness (QED) is 0.802. The first kappa shape index (κ1) is 12.9. The van der Waals surface area contributed by atoms with E-state index in [2.05, 4.69) is 40.0 Å². The maximum absolute atomic E-state index is 12.4. The van der Waals surface area contributed by atoms with Crippen molar-refractivity contribution in [2.75, 3.05) is 19.6 Å². The largest absolute Gasteiger partial charge is 0.361 e. The second-order valence-electron chi connectivity index (χ2n) is 6.38. The highest BCUT2D eigenvalue weighted by Gasteiger charge is 2.60. The van der Waals surface area contributed by atoms with Crippen LogP contribution in [0.5, 0.6) is 0 Å². The van der Waals surface area contributed by atoms with Gasteiger partial charge in [-0.15, -0.1) is 0 Å². The van der Waals surface area contributed by atoms with Crippen LogP contribution >= 0.6 is 0 Å². The van der Waals surface area contributed by atoms with Gasteiger partial charge in [-0.25, -0.2) is 0 Å². The molecule has 1 saturated carbocycles. The summed E-state index contributed by atoms with van der Waals surface area (Å²) in [4.78, 5) is 15.7. The monoisotopic (exact) mass is 283 g/mol. The lowest BCUT2D eigenvalue weighted by atomic mass is 9.95. The highest BCUT2D eigenvalue weighted by atomic mass is 16.2. The van der Waals surface area contributed by atoms with Gasteiger partial charge >= 0.3 is 0 Å². The third kappa shape index (κ3) is 2.14. The molecule has 0 unspecified atom stereocenters. The van der Waals surface area contributed by atoms with Gasteiger partial charge in [-0.3, -0.25) is 4.79 Å². The Bertz CT molecular complexity index is 677. The van der Waals surface area contributed by atoms with Crippen molar-refractivity contribution in [3.8, 4) is 0 Å². The molecule has 2 aromatic rings. The van der Waals surface area contributed by atoms with Crippen LogP contribution < -0.4 is 10.6 Å². The van der Waals surface area contributed by atoms with Gasteiger partial charge in [-0.1, -0.05) is 18.2 Å². The number of nitrogens with one attached hydrogen (secondary N) is 3. The van der Waals surface area contributed by atoms with Crippen molar-refractivity contribution in [1.82, 2.24) is 15.6 Å². The molecule has 2 fully saturated rings. The van der Waals surface area contributed by atoms with Gasteiger partial charge in [0.05, 0.1) is 5.41 Å². The van der Waals surface area contributed by atoms with Crippen LogP contribution in [0.4, 0.5) is 0 Å². The lowest BCUT2D eigenvalue weighted by molar-refractivity contribution is -0.127. The van der Waals surface area contributed by atoms with Crippen LogP contribution in [0.2, 0.25) is 0 Å². The molecule has 1 amide bonds. The Morgan fingerprint density at radius 3 is 3.19 bits per heavy atom. The highest BCUT2D eigenvalue weighted by Crippen LogP contribution is 2.56. The Kier molecular flexibility index (Phi) is 3.00. The highest BCUT2D eigenvalue weighted by molar-refractivity contribution is 5.86. The summed E-state index contributed by atoms with van der Waals surface area (Å²) < 4.78 is 0.